The van der Waals surface area contributed by atoms with Crippen LogP contribution < -0.4 is 0 Å². The fraction of sp³-hybridized carbons (Fsp3) is 0.222. The topological polar surface area (TPSA) is 17.1 Å². The van der Waals surface area contributed by atoms with Gasteiger partial charge < -0.3 is 0 Å². The van der Waals surface area contributed by atoms with E-state index in [0.717, 1.165) is 0 Å². The van der Waals surface area contributed by atoms with Gasteiger partial charge in [0.1, 0.15) is 0 Å². The molecule has 0 spiro atoms. The molecule has 0 amide bonds. The maximum absolute atomic E-state index is 11.2. The predicted molar refractivity (Wildman–Crippen MR) is 61.2 cm³/mol. The van der Waals surface area contributed by atoms with Crippen molar-refractivity contribution in [1.29, 1.82) is 0 Å². The molecule has 0 radical (unpaired) electrons. The summed E-state index contributed by atoms with van der Waals surface area (Å²) in [5, 5.41) is 0.856. The molecule has 0 aliphatic rings. The third-order valence-corrected chi connectivity index (χ3v) is 3.73. The minimum Gasteiger partial charge on any atom is -0.294 e. The number of benzene rings is 1. The van der Waals surface area contributed by atoms with E-state index in [1.54, 1.807) is 6.92 Å². The van der Waals surface area contributed by atoms with Crippen molar-refractivity contribution in [2.24, 2.45) is 0 Å². The fourth-order valence-corrected chi connectivity index (χ4v) is 2.26. The minimum atomic E-state index is -0.260. The van der Waals surface area contributed by atoms with E-state index in [9.17, 15) is 4.79 Å². The van der Waals surface area contributed by atoms with Crippen LogP contribution >= 0.6 is 46.4 Å². The molecule has 0 unspecified atom stereocenters. The van der Waals surface area contributed by atoms with Crippen LogP contribution in [0.15, 0.2) is 0 Å². The van der Waals surface area contributed by atoms with E-state index < -0.39 is 0 Å². The Kier molecular flexibility index (Phi) is 3.70. The number of hydrogen-bond acceptors (Lipinski definition) is 1. The average molecular weight is 272 g/mol. The highest BCUT2D eigenvalue weighted by Gasteiger charge is 2.20. The van der Waals surface area contributed by atoms with Gasteiger partial charge in [0.15, 0.2) is 5.78 Å². The Morgan fingerprint density at radius 3 is 1.57 bits per heavy atom. The molecule has 0 N–H and O–H groups in total. The maximum Gasteiger partial charge on any atom is 0.162 e. The van der Waals surface area contributed by atoms with E-state index in [1.165, 1.54) is 6.92 Å². The van der Waals surface area contributed by atoms with Gasteiger partial charge in [-0.2, -0.15) is 0 Å². The van der Waals surface area contributed by atoms with Gasteiger partial charge in [-0.1, -0.05) is 46.4 Å². The molecule has 0 bridgehead atoms. The van der Waals surface area contributed by atoms with Crippen LogP contribution in [0.5, 0.6) is 0 Å². The van der Waals surface area contributed by atoms with Crippen molar-refractivity contribution in [3.63, 3.8) is 0 Å². The van der Waals surface area contributed by atoms with Crippen molar-refractivity contribution >= 4 is 52.2 Å². The number of hydrogen-bond donors (Lipinski definition) is 0. The van der Waals surface area contributed by atoms with E-state index in [4.69, 9.17) is 46.4 Å². The van der Waals surface area contributed by atoms with E-state index in [-0.39, 0.29) is 31.4 Å². The highest BCUT2D eigenvalue weighted by atomic mass is 35.5. The number of halogens is 4. The van der Waals surface area contributed by atoms with Crippen LogP contribution in [0.2, 0.25) is 20.1 Å². The number of rotatable bonds is 1. The molecule has 0 aromatic heterocycles. The van der Waals surface area contributed by atoms with Gasteiger partial charge in [0.05, 0.1) is 25.7 Å². The molecular formula is C9H6Cl4O. The molecule has 76 valence electrons. The highest BCUT2D eigenvalue weighted by Crippen LogP contribution is 2.40. The third-order valence-electron chi connectivity index (χ3n) is 1.83. The van der Waals surface area contributed by atoms with E-state index in [0.29, 0.717) is 5.56 Å². The first-order valence-corrected chi connectivity index (χ1v) is 5.22. The van der Waals surface area contributed by atoms with Crippen LogP contribution in [0.25, 0.3) is 0 Å². The molecule has 5 heteroatoms. The fourth-order valence-electron chi connectivity index (χ4n) is 1.05. The first-order valence-electron chi connectivity index (χ1n) is 3.71. The van der Waals surface area contributed by atoms with Crippen molar-refractivity contribution in [2.75, 3.05) is 0 Å². The Bertz CT molecular complexity index is 383. The van der Waals surface area contributed by atoms with Crippen LogP contribution in [-0.2, 0) is 0 Å². The predicted octanol–water partition coefficient (Wildman–Crippen LogP) is 4.81. The lowest BCUT2D eigenvalue weighted by Crippen LogP contribution is -1.98. The normalized spacial score (nSPS) is 10.4. The van der Waals surface area contributed by atoms with Crippen LogP contribution in [0.1, 0.15) is 22.8 Å². The second-order valence-corrected chi connectivity index (χ2v) is 4.32. The lowest BCUT2D eigenvalue weighted by molar-refractivity contribution is 0.101. The van der Waals surface area contributed by atoms with E-state index >= 15 is 0 Å². The number of carbonyl (C=O) groups is 1. The molecule has 14 heavy (non-hydrogen) atoms. The first kappa shape index (κ1) is 12.1. The molecule has 1 rings (SSSR count). The Hall–Kier alpha value is 0.0500. The van der Waals surface area contributed by atoms with E-state index in [1.807, 2.05) is 0 Å². The summed E-state index contributed by atoms with van der Waals surface area (Å²) in [5.74, 6) is -0.260. The molecular weight excluding hydrogens is 266 g/mol. The van der Waals surface area contributed by atoms with Crippen molar-refractivity contribution in [3.05, 3.63) is 31.2 Å². The van der Waals surface area contributed by atoms with Crippen molar-refractivity contribution in [3.8, 4) is 0 Å². The van der Waals surface area contributed by atoms with Crippen molar-refractivity contribution < 1.29 is 4.79 Å². The van der Waals surface area contributed by atoms with Crippen molar-refractivity contribution in [2.45, 2.75) is 13.8 Å². The molecule has 0 saturated heterocycles. The van der Waals surface area contributed by atoms with Crippen molar-refractivity contribution in [1.82, 2.24) is 0 Å². The molecule has 0 aliphatic carbocycles. The molecule has 0 saturated carbocycles. The van der Waals surface area contributed by atoms with Crippen LogP contribution in [0.4, 0.5) is 0 Å². The Morgan fingerprint density at radius 1 is 0.929 bits per heavy atom. The maximum atomic E-state index is 11.2. The summed E-state index contributed by atoms with van der Waals surface area (Å²) < 4.78 is 0. The van der Waals surface area contributed by atoms with Gasteiger partial charge in [-0.15, -0.1) is 0 Å². The lowest BCUT2D eigenvalue weighted by atomic mass is 10.1. The van der Waals surface area contributed by atoms with E-state index in [2.05, 4.69) is 0 Å². The summed E-state index contributed by atoms with van der Waals surface area (Å²) in [4.78, 5) is 11.2. The largest absolute Gasteiger partial charge is 0.294 e. The Labute approximate surface area is 102 Å². The second kappa shape index (κ2) is 4.28. The van der Waals surface area contributed by atoms with Gasteiger partial charge in [-0.25, -0.2) is 0 Å². The van der Waals surface area contributed by atoms with Gasteiger partial charge >= 0.3 is 0 Å². The second-order valence-electron chi connectivity index (χ2n) is 2.81. The smallest absolute Gasteiger partial charge is 0.162 e. The molecule has 0 fully saturated rings. The average Bonchev–Trinajstić information content (AvgIpc) is 2.11. The SMILES string of the molecule is CC(=O)c1c(Cl)c(Cl)c(C)c(Cl)c1Cl. The standard InChI is InChI=1S/C9H6Cl4O/c1-3-6(10)8(12)5(4(2)14)9(13)7(3)11/h1-2H3. The first-order chi connectivity index (χ1) is 6.37. The van der Waals surface area contributed by atoms with Gasteiger partial charge in [0, 0.05) is 0 Å². The molecule has 1 aromatic carbocycles. The molecule has 1 aromatic rings. The lowest BCUT2D eigenvalue weighted by Gasteiger charge is -2.10. The number of ketones is 1. The van der Waals surface area contributed by atoms with Gasteiger partial charge in [-0.05, 0) is 19.4 Å². The summed E-state index contributed by atoms with van der Waals surface area (Å²) in [7, 11) is 0. The number of carbonyl (C=O) groups excluding carboxylic acids is 1. The molecule has 0 aliphatic heterocycles. The zero-order valence-electron chi connectivity index (χ0n) is 7.42. The van der Waals surface area contributed by atoms with Gasteiger partial charge in [-0.3, -0.25) is 4.79 Å². The zero-order chi connectivity index (χ0) is 11.0. The third kappa shape index (κ3) is 1.87. The summed E-state index contributed by atoms with van der Waals surface area (Å²) >= 11 is 23.5. The van der Waals surface area contributed by atoms with Crippen LogP contribution in [0.3, 0.4) is 0 Å². The summed E-state index contributed by atoms with van der Waals surface area (Å²) in [6, 6.07) is 0. The van der Waals surface area contributed by atoms with Gasteiger partial charge in [0.25, 0.3) is 0 Å². The molecule has 0 heterocycles. The minimum absolute atomic E-state index is 0.158. The quantitative estimate of drug-likeness (QED) is 0.529. The summed E-state index contributed by atoms with van der Waals surface area (Å²) in [5.41, 5.74) is 0.752. The Balaban J connectivity index is 3.68. The van der Waals surface area contributed by atoms with Crippen LogP contribution in [0, 0.1) is 6.92 Å². The molecule has 1 nitrogen and oxygen atoms in total. The van der Waals surface area contributed by atoms with Crippen LogP contribution in [-0.4, -0.2) is 5.78 Å². The van der Waals surface area contributed by atoms with Gasteiger partial charge in [0.2, 0.25) is 0 Å². The Morgan fingerprint density at radius 2 is 1.29 bits per heavy atom. The number of Topliss-reactive ketones (excluding diaryl/α,β-unsaturated/α-hetero) is 1. The summed E-state index contributed by atoms with van der Waals surface area (Å²) in [6.45, 7) is 3.04. The summed E-state index contributed by atoms with van der Waals surface area (Å²) in [6.07, 6.45) is 0. The zero-order valence-corrected chi connectivity index (χ0v) is 10.4. The molecule has 0 atom stereocenters. The highest BCUT2D eigenvalue weighted by molar-refractivity contribution is 6.50. The monoisotopic (exact) mass is 270 g/mol.